The van der Waals surface area contributed by atoms with Crippen LogP contribution in [0.1, 0.15) is 18.3 Å². The van der Waals surface area contributed by atoms with E-state index < -0.39 is 0 Å². The second kappa shape index (κ2) is 11.6. The number of halogens is 1. The van der Waals surface area contributed by atoms with Crippen LogP contribution in [0.4, 0.5) is 5.69 Å². The predicted octanol–water partition coefficient (Wildman–Crippen LogP) is 5.13. The number of thioether (sulfide) groups is 1. The summed E-state index contributed by atoms with van der Waals surface area (Å²) in [5.74, 6) is 1.93. The summed E-state index contributed by atoms with van der Waals surface area (Å²) in [5, 5.41) is 12.4. The van der Waals surface area contributed by atoms with Crippen LogP contribution in [0.25, 0.3) is 0 Å². The van der Waals surface area contributed by atoms with Crippen LogP contribution in [0.2, 0.25) is 5.02 Å². The number of nitrogens with one attached hydrogen (secondary N) is 1. The maximum Gasteiger partial charge on any atom is 0.234 e. The van der Waals surface area contributed by atoms with Crippen molar-refractivity contribution < 1.29 is 14.3 Å². The van der Waals surface area contributed by atoms with Crippen LogP contribution >= 0.6 is 23.4 Å². The van der Waals surface area contributed by atoms with E-state index in [9.17, 15) is 4.79 Å². The summed E-state index contributed by atoms with van der Waals surface area (Å²) in [7, 11) is 0. The van der Waals surface area contributed by atoms with Crippen LogP contribution in [-0.4, -0.2) is 33.0 Å². The number of carbonyl (C=O) groups excluding carboxylic acids is 1. The molecule has 0 aliphatic rings. The molecule has 168 valence electrons. The van der Waals surface area contributed by atoms with Gasteiger partial charge in [-0.1, -0.05) is 47.6 Å². The molecular weight excluding hydrogens is 448 g/mol. The molecule has 9 heteroatoms. The lowest BCUT2D eigenvalue weighted by Crippen LogP contribution is -2.15. The average Bonchev–Trinajstić information content (AvgIpc) is 3.15. The Kier molecular flexibility index (Phi) is 8.58. The number of amides is 1. The van der Waals surface area contributed by atoms with Crippen LogP contribution in [0.15, 0.2) is 60.3 Å². The molecule has 0 saturated heterocycles. The zero-order valence-corrected chi connectivity index (χ0v) is 19.6. The highest BCUT2D eigenvalue weighted by molar-refractivity contribution is 7.99. The van der Waals surface area contributed by atoms with Gasteiger partial charge in [0.05, 0.1) is 23.1 Å². The Morgan fingerprint density at radius 3 is 2.78 bits per heavy atom. The van der Waals surface area contributed by atoms with Crippen LogP contribution < -0.4 is 14.8 Å². The molecular formula is C23H25ClN4O3S. The Hall–Kier alpha value is -2.97. The fraction of sp³-hybridized carbons (Fsp3) is 0.261. The monoisotopic (exact) mass is 472 g/mol. The molecule has 1 aromatic heterocycles. The summed E-state index contributed by atoms with van der Waals surface area (Å²) < 4.78 is 13.5. The van der Waals surface area contributed by atoms with Gasteiger partial charge in [0.25, 0.3) is 0 Å². The minimum atomic E-state index is -0.185. The van der Waals surface area contributed by atoms with Crippen LogP contribution in [0, 0.1) is 6.92 Å². The number of aromatic nitrogens is 3. The van der Waals surface area contributed by atoms with Crippen molar-refractivity contribution in [2.75, 3.05) is 17.7 Å². The molecule has 1 amide bonds. The molecule has 0 bridgehead atoms. The first-order valence-electron chi connectivity index (χ1n) is 10.1. The average molecular weight is 473 g/mol. The number of para-hydroxylation sites is 1. The van der Waals surface area contributed by atoms with E-state index in [-0.39, 0.29) is 18.3 Å². The standard InChI is InChI=1S/C23H25ClN4O3S/c1-4-12-28-21(14-31-19-11-10-16(3)13-20(19)30-5-2)26-27-23(28)32-15-22(29)25-18-9-7-6-8-17(18)24/h4,6-11,13H,1,5,12,14-15H2,2-3H3,(H,25,29). The molecule has 3 rings (SSSR count). The smallest absolute Gasteiger partial charge is 0.234 e. The highest BCUT2D eigenvalue weighted by atomic mass is 35.5. The van der Waals surface area contributed by atoms with E-state index >= 15 is 0 Å². The molecule has 0 aliphatic carbocycles. The summed E-state index contributed by atoms with van der Waals surface area (Å²) in [5.41, 5.74) is 1.66. The van der Waals surface area contributed by atoms with E-state index in [0.29, 0.717) is 46.3 Å². The van der Waals surface area contributed by atoms with Gasteiger partial charge in [-0.05, 0) is 43.7 Å². The van der Waals surface area contributed by atoms with Crippen molar-refractivity contribution in [3.8, 4) is 11.5 Å². The van der Waals surface area contributed by atoms with E-state index in [1.54, 1.807) is 18.2 Å². The first-order chi connectivity index (χ1) is 15.5. The molecule has 0 saturated carbocycles. The Morgan fingerprint density at radius 1 is 1.22 bits per heavy atom. The van der Waals surface area contributed by atoms with Crippen molar-refractivity contribution in [2.45, 2.75) is 32.2 Å². The van der Waals surface area contributed by atoms with Gasteiger partial charge < -0.3 is 14.8 Å². The summed E-state index contributed by atoms with van der Waals surface area (Å²) in [6.07, 6.45) is 1.75. The van der Waals surface area contributed by atoms with Crippen LogP contribution in [-0.2, 0) is 17.9 Å². The lowest BCUT2D eigenvalue weighted by Gasteiger charge is -2.13. The molecule has 0 radical (unpaired) electrons. The third-order valence-corrected chi connectivity index (χ3v) is 5.64. The molecule has 0 unspecified atom stereocenters. The lowest BCUT2D eigenvalue weighted by atomic mass is 10.2. The molecule has 7 nitrogen and oxygen atoms in total. The maximum atomic E-state index is 12.3. The van der Waals surface area contributed by atoms with Gasteiger partial charge in [0.15, 0.2) is 22.5 Å². The van der Waals surface area contributed by atoms with Crippen molar-refractivity contribution in [2.24, 2.45) is 0 Å². The fourth-order valence-corrected chi connectivity index (χ4v) is 3.82. The molecule has 1 heterocycles. The maximum absolute atomic E-state index is 12.3. The SMILES string of the molecule is C=CCn1c(COc2ccc(C)cc2OCC)nnc1SCC(=O)Nc1ccccc1Cl. The van der Waals surface area contributed by atoms with Gasteiger partial charge in [0, 0.05) is 6.54 Å². The van der Waals surface area contributed by atoms with Crippen LogP contribution in [0.5, 0.6) is 11.5 Å². The van der Waals surface area contributed by atoms with E-state index in [1.165, 1.54) is 11.8 Å². The fourth-order valence-electron chi connectivity index (χ4n) is 2.87. The van der Waals surface area contributed by atoms with Crippen molar-refractivity contribution in [3.63, 3.8) is 0 Å². The lowest BCUT2D eigenvalue weighted by molar-refractivity contribution is -0.113. The van der Waals surface area contributed by atoms with Gasteiger partial charge in [-0.2, -0.15) is 0 Å². The van der Waals surface area contributed by atoms with Gasteiger partial charge in [0.2, 0.25) is 5.91 Å². The molecule has 0 fully saturated rings. The molecule has 1 N–H and O–H groups in total. The topological polar surface area (TPSA) is 78.3 Å². The number of aryl methyl sites for hydroxylation is 1. The minimum absolute atomic E-state index is 0.161. The highest BCUT2D eigenvalue weighted by Gasteiger charge is 2.15. The number of nitrogens with zero attached hydrogens (tertiary/aromatic N) is 3. The van der Waals surface area contributed by atoms with E-state index in [0.717, 1.165) is 5.56 Å². The zero-order chi connectivity index (χ0) is 22.9. The summed E-state index contributed by atoms with van der Waals surface area (Å²) in [6, 6.07) is 12.9. The number of hydrogen-bond donors (Lipinski definition) is 1. The van der Waals surface area contributed by atoms with Crippen molar-refractivity contribution >= 4 is 35.0 Å². The summed E-state index contributed by atoms with van der Waals surface area (Å²) in [6.45, 7) is 8.97. The third-order valence-electron chi connectivity index (χ3n) is 4.34. The second-order valence-corrected chi connectivity index (χ2v) is 8.14. The molecule has 0 spiro atoms. The largest absolute Gasteiger partial charge is 0.490 e. The van der Waals surface area contributed by atoms with E-state index in [2.05, 4.69) is 22.1 Å². The van der Waals surface area contributed by atoms with Gasteiger partial charge in [0.1, 0.15) is 6.61 Å². The number of benzene rings is 2. The summed E-state index contributed by atoms with van der Waals surface area (Å²) >= 11 is 7.38. The Balaban J connectivity index is 1.66. The normalized spacial score (nSPS) is 10.6. The molecule has 3 aromatic rings. The van der Waals surface area contributed by atoms with E-state index in [4.69, 9.17) is 21.1 Å². The first-order valence-corrected chi connectivity index (χ1v) is 11.4. The van der Waals surface area contributed by atoms with Gasteiger partial charge >= 0.3 is 0 Å². The third kappa shape index (κ3) is 6.27. The number of allylic oxidation sites excluding steroid dienone is 1. The predicted molar refractivity (Wildman–Crippen MR) is 128 cm³/mol. The first kappa shape index (κ1) is 23.7. The Morgan fingerprint density at radius 2 is 2.03 bits per heavy atom. The van der Waals surface area contributed by atoms with Crippen molar-refractivity contribution in [1.82, 2.24) is 14.8 Å². The molecule has 32 heavy (non-hydrogen) atoms. The number of hydrogen-bond acceptors (Lipinski definition) is 6. The zero-order valence-electron chi connectivity index (χ0n) is 18.0. The van der Waals surface area contributed by atoms with Gasteiger partial charge in [-0.3, -0.25) is 9.36 Å². The molecule has 2 aromatic carbocycles. The minimum Gasteiger partial charge on any atom is -0.490 e. The van der Waals surface area contributed by atoms with Crippen molar-refractivity contribution in [1.29, 1.82) is 0 Å². The molecule has 0 aliphatic heterocycles. The second-order valence-electron chi connectivity index (χ2n) is 6.79. The van der Waals surface area contributed by atoms with Crippen molar-refractivity contribution in [3.05, 3.63) is 71.5 Å². The Bertz CT molecular complexity index is 1090. The number of anilines is 1. The molecule has 0 atom stereocenters. The van der Waals surface area contributed by atoms with Gasteiger partial charge in [-0.15, -0.1) is 16.8 Å². The van der Waals surface area contributed by atoms with E-state index in [1.807, 2.05) is 48.7 Å². The summed E-state index contributed by atoms with van der Waals surface area (Å²) in [4.78, 5) is 12.3. The van der Waals surface area contributed by atoms with Gasteiger partial charge in [-0.25, -0.2) is 0 Å². The number of carbonyl (C=O) groups is 1. The number of rotatable bonds is 11. The van der Waals surface area contributed by atoms with Crippen LogP contribution in [0.3, 0.4) is 0 Å². The Labute approximate surface area is 196 Å². The number of ether oxygens (including phenoxy) is 2. The quantitative estimate of drug-likeness (QED) is 0.307. The highest BCUT2D eigenvalue weighted by Crippen LogP contribution is 2.29.